The summed E-state index contributed by atoms with van der Waals surface area (Å²) in [6, 6.07) is 6.95. The van der Waals surface area contributed by atoms with Gasteiger partial charge in [-0.15, -0.1) is 0 Å². The van der Waals surface area contributed by atoms with Crippen molar-refractivity contribution in [3.63, 3.8) is 0 Å². The highest BCUT2D eigenvalue weighted by molar-refractivity contribution is 7.08. The summed E-state index contributed by atoms with van der Waals surface area (Å²) >= 11 is 1.47. The zero-order chi connectivity index (χ0) is 16.2. The summed E-state index contributed by atoms with van der Waals surface area (Å²) < 4.78 is 0. The molecule has 5 nitrogen and oxygen atoms in total. The van der Waals surface area contributed by atoms with Gasteiger partial charge in [0.2, 0.25) is 0 Å². The van der Waals surface area contributed by atoms with Crippen LogP contribution < -0.4 is 5.32 Å². The van der Waals surface area contributed by atoms with Gasteiger partial charge in [0.25, 0.3) is 5.91 Å². The topological polar surface area (TPSA) is 62.3 Å². The third kappa shape index (κ3) is 3.83. The van der Waals surface area contributed by atoms with Gasteiger partial charge in [-0.25, -0.2) is 4.98 Å². The summed E-state index contributed by atoms with van der Waals surface area (Å²) in [5.74, 6) is 0.314. The maximum atomic E-state index is 12.6. The summed E-state index contributed by atoms with van der Waals surface area (Å²) in [7, 11) is 2.07. The molecule has 1 aliphatic heterocycles. The first kappa shape index (κ1) is 15.8. The third-order valence-electron chi connectivity index (χ3n) is 4.12. The Hall–Kier alpha value is -2.05. The van der Waals surface area contributed by atoms with Crippen molar-refractivity contribution < 1.29 is 9.59 Å². The monoisotopic (exact) mass is 329 g/mol. The zero-order valence-corrected chi connectivity index (χ0v) is 13.8. The van der Waals surface area contributed by atoms with Gasteiger partial charge in [-0.1, -0.05) is 6.07 Å². The smallest absolute Gasteiger partial charge is 0.257 e. The van der Waals surface area contributed by atoms with Crippen LogP contribution in [0.15, 0.2) is 35.0 Å². The highest BCUT2D eigenvalue weighted by Crippen LogP contribution is 2.21. The molecule has 23 heavy (non-hydrogen) atoms. The second-order valence-electron chi connectivity index (χ2n) is 5.82. The van der Waals surface area contributed by atoms with E-state index < -0.39 is 0 Å². The van der Waals surface area contributed by atoms with Crippen LogP contribution in [0.25, 0.3) is 0 Å². The Morgan fingerprint density at radius 2 is 2.04 bits per heavy atom. The Kier molecular flexibility index (Phi) is 4.83. The van der Waals surface area contributed by atoms with Crippen LogP contribution >= 0.6 is 11.3 Å². The number of nitrogens with one attached hydrogen (secondary N) is 1. The lowest BCUT2D eigenvalue weighted by Gasteiger charge is -2.27. The number of thiophene rings is 1. The van der Waals surface area contributed by atoms with E-state index in [9.17, 15) is 9.59 Å². The maximum Gasteiger partial charge on any atom is 0.257 e. The third-order valence-corrected chi connectivity index (χ3v) is 4.80. The van der Waals surface area contributed by atoms with Crippen molar-refractivity contribution >= 4 is 28.8 Å². The molecule has 3 rings (SSSR count). The lowest BCUT2D eigenvalue weighted by molar-refractivity contribution is 0.0851. The number of ketones is 1. The van der Waals surface area contributed by atoms with Gasteiger partial charge in [-0.3, -0.25) is 9.59 Å². The average molecular weight is 329 g/mol. The Bertz CT molecular complexity index is 692. The second kappa shape index (κ2) is 7.02. The van der Waals surface area contributed by atoms with Gasteiger partial charge < -0.3 is 10.2 Å². The molecule has 1 fully saturated rings. The zero-order valence-electron chi connectivity index (χ0n) is 13.0. The van der Waals surface area contributed by atoms with E-state index in [1.54, 1.807) is 29.6 Å². The minimum Gasteiger partial charge on any atom is -0.307 e. The number of anilines is 1. The summed E-state index contributed by atoms with van der Waals surface area (Å²) in [4.78, 5) is 31.2. The van der Waals surface area contributed by atoms with Gasteiger partial charge >= 0.3 is 0 Å². The number of aromatic nitrogens is 1. The quantitative estimate of drug-likeness (QED) is 0.876. The van der Waals surface area contributed by atoms with E-state index in [0.717, 1.165) is 25.9 Å². The fourth-order valence-corrected chi connectivity index (χ4v) is 3.34. The number of hydrogen-bond donors (Lipinski definition) is 1. The number of amides is 1. The number of piperidine rings is 1. The van der Waals surface area contributed by atoms with E-state index in [0.29, 0.717) is 17.1 Å². The fraction of sp³-hybridized carbons (Fsp3) is 0.353. The van der Waals surface area contributed by atoms with Crippen molar-refractivity contribution in [2.24, 2.45) is 5.92 Å². The minimum absolute atomic E-state index is 0.0292. The maximum absolute atomic E-state index is 12.6. The Morgan fingerprint density at radius 1 is 1.26 bits per heavy atom. The van der Waals surface area contributed by atoms with E-state index in [4.69, 9.17) is 0 Å². The Balaban J connectivity index is 1.69. The van der Waals surface area contributed by atoms with Crippen LogP contribution in [-0.4, -0.2) is 41.7 Å². The summed E-state index contributed by atoms with van der Waals surface area (Å²) in [5, 5.41) is 6.38. The first-order valence-electron chi connectivity index (χ1n) is 7.67. The average Bonchev–Trinajstić information content (AvgIpc) is 3.10. The van der Waals surface area contributed by atoms with Crippen molar-refractivity contribution in [1.82, 2.24) is 9.88 Å². The summed E-state index contributed by atoms with van der Waals surface area (Å²) in [6.45, 7) is 1.87. The van der Waals surface area contributed by atoms with Crippen LogP contribution in [0, 0.1) is 5.92 Å². The van der Waals surface area contributed by atoms with Crippen LogP contribution in [0.1, 0.15) is 33.7 Å². The number of rotatable bonds is 4. The lowest BCUT2D eigenvalue weighted by atomic mass is 9.91. The molecule has 3 heterocycles. The van der Waals surface area contributed by atoms with Crippen LogP contribution in [-0.2, 0) is 0 Å². The molecule has 0 bridgehead atoms. The van der Waals surface area contributed by atoms with E-state index >= 15 is 0 Å². The molecule has 1 N–H and O–H groups in total. The molecule has 2 aromatic rings. The summed E-state index contributed by atoms with van der Waals surface area (Å²) in [5.41, 5.74) is 1.03. The van der Waals surface area contributed by atoms with Crippen molar-refractivity contribution in [2.75, 3.05) is 25.5 Å². The van der Waals surface area contributed by atoms with Gasteiger partial charge in [-0.05, 0) is 56.6 Å². The molecule has 1 aliphatic rings. The van der Waals surface area contributed by atoms with Gasteiger partial charge in [0, 0.05) is 11.3 Å². The molecule has 0 unspecified atom stereocenters. The molecule has 2 aromatic heterocycles. The van der Waals surface area contributed by atoms with Crippen molar-refractivity contribution in [3.05, 3.63) is 46.3 Å². The van der Waals surface area contributed by atoms with Crippen LogP contribution in [0.3, 0.4) is 0 Å². The highest BCUT2D eigenvalue weighted by atomic mass is 32.1. The molecule has 1 amide bonds. The molecule has 0 aliphatic carbocycles. The van der Waals surface area contributed by atoms with E-state index in [1.165, 1.54) is 11.3 Å². The van der Waals surface area contributed by atoms with Crippen molar-refractivity contribution in [3.8, 4) is 0 Å². The minimum atomic E-state index is -0.206. The number of likely N-dealkylation sites (tertiary alicyclic amines) is 1. The first-order valence-corrected chi connectivity index (χ1v) is 8.61. The molecular formula is C17H19N3O2S. The molecule has 6 heteroatoms. The predicted molar refractivity (Wildman–Crippen MR) is 91.1 cm³/mol. The Morgan fingerprint density at radius 3 is 2.74 bits per heavy atom. The van der Waals surface area contributed by atoms with Gasteiger partial charge in [0.05, 0.1) is 5.56 Å². The summed E-state index contributed by atoms with van der Waals surface area (Å²) in [6.07, 6.45) is 1.73. The largest absolute Gasteiger partial charge is 0.307 e. The normalized spacial score (nSPS) is 16.2. The molecule has 0 saturated carbocycles. The molecule has 0 spiro atoms. The van der Waals surface area contributed by atoms with Crippen LogP contribution in [0.4, 0.5) is 5.82 Å². The molecular weight excluding hydrogens is 310 g/mol. The number of pyridine rings is 1. The fourth-order valence-electron chi connectivity index (χ4n) is 2.70. The predicted octanol–water partition coefficient (Wildman–Crippen LogP) is 2.92. The first-order chi connectivity index (χ1) is 11.1. The number of hydrogen-bond acceptors (Lipinski definition) is 5. The number of carbonyl (C=O) groups excluding carboxylic acids is 2. The van der Waals surface area contributed by atoms with E-state index in [1.807, 2.05) is 5.38 Å². The lowest BCUT2D eigenvalue weighted by Crippen LogP contribution is -2.33. The molecule has 0 atom stereocenters. The molecule has 0 aromatic carbocycles. The van der Waals surface area contributed by atoms with Gasteiger partial charge in [0.1, 0.15) is 11.5 Å². The van der Waals surface area contributed by atoms with Crippen molar-refractivity contribution in [2.45, 2.75) is 12.8 Å². The van der Waals surface area contributed by atoms with Gasteiger partial charge in [0.15, 0.2) is 5.78 Å². The molecule has 0 radical (unpaired) electrons. The number of carbonyl (C=O) groups is 2. The number of nitrogens with zero attached hydrogens (tertiary/aromatic N) is 2. The Labute approximate surface area is 139 Å². The van der Waals surface area contributed by atoms with Crippen LogP contribution in [0.2, 0.25) is 0 Å². The van der Waals surface area contributed by atoms with Gasteiger partial charge in [-0.2, -0.15) is 11.3 Å². The number of Topliss-reactive ketones (excluding diaryl/α,β-unsaturated/α-hetero) is 1. The SMILES string of the molecule is CN1CCC(C(=O)c2cccc(NC(=O)c3ccsc3)n2)CC1. The van der Waals surface area contributed by atoms with Crippen molar-refractivity contribution in [1.29, 1.82) is 0 Å². The second-order valence-corrected chi connectivity index (χ2v) is 6.60. The standard InChI is InChI=1S/C17H19N3O2S/c1-20-8-5-12(6-9-20)16(21)14-3-2-4-15(18-14)19-17(22)13-7-10-23-11-13/h2-4,7,10-12H,5-6,8-9H2,1H3,(H,18,19,22). The van der Waals surface area contributed by atoms with Crippen LogP contribution in [0.5, 0.6) is 0 Å². The highest BCUT2D eigenvalue weighted by Gasteiger charge is 2.25. The molecule has 120 valence electrons. The molecule has 1 saturated heterocycles. The van der Waals surface area contributed by atoms with E-state index in [2.05, 4.69) is 22.2 Å². The van der Waals surface area contributed by atoms with E-state index in [-0.39, 0.29) is 17.6 Å².